The standard InChI is InChI=1S/C14H24N2O2/c1-11(2)16-10-15-7-13(16)9-18-14-5-3-12(8-17)4-6-14/h7,10-12,14,17H,3-6,8-9H2,1-2H3. The van der Waals surface area contributed by atoms with E-state index in [4.69, 9.17) is 9.84 Å². The third-order valence-electron chi connectivity index (χ3n) is 3.82. The minimum Gasteiger partial charge on any atom is -0.396 e. The lowest BCUT2D eigenvalue weighted by Crippen LogP contribution is -2.23. The molecule has 0 bridgehead atoms. The number of aliphatic hydroxyl groups is 1. The monoisotopic (exact) mass is 252 g/mol. The molecule has 4 nitrogen and oxygen atoms in total. The van der Waals surface area contributed by atoms with Crippen LogP contribution in [-0.4, -0.2) is 27.4 Å². The SMILES string of the molecule is CC(C)n1cncc1COC1CCC(CO)CC1. The number of hydrogen-bond acceptors (Lipinski definition) is 3. The van der Waals surface area contributed by atoms with Gasteiger partial charge < -0.3 is 14.4 Å². The summed E-state index contributed by atoms with van der Waals surface area (Å²) < 4.78 is 8.12. The molecule has 1 aromatic rings. The number of imidazole rings is 1. The molecule has 1 saturated carbocycles. The van der Waals surface area contributed by atoms with E-state index in [1.807, 2.05) is 12.5 Å². The molecular weight excluding hydrogens is 228 g/mol. The summed E-state index contributed by atoms with van der Waals surface area (Å²) in [5.74, 6) is 0.492. The van der Waals surface area contributed by atoms with Crippen LogP contribution in [0.25, 0.3) is 0 Å². The Kier molecular flexibility index (Phi) is 4.78. The van der Waals surface area contributed by atoms with E-state index >= 15 is 0 Å². The van der Waals surface area contributed by atoms with Gasteiger partial charge in [-0.3, -0.25) is 0 Å². The summed E-state index contributed by atoms with van der Waals surface area (Å²) >= 11 is 0. The Labute approximate surface area is 109 Å². The minimum absolute atomic E-state index is 0.326. The van der Waals surface area contributed by atoms with Crippen molar-refractivity contribution < 1.29 is 9.84 Å². The third-order valence-corrected chi connectivity index (χ3v) is 3.82. The van der Waals surface area contributed by atoms with Crippen molar-refractivity contribution in [1.82, 2.24) is 9.55 Å². The van der Waals surface area contributed by atoms with Gasteiger partial charge in [-0.2, -0.15) is 0 Å². The molecule has 0 saturated heterocycles. The Bertz CT molecular complexity index is 354. The first-order valence-electron chi connectivity index (χ1n) is 6.94. The second-order valence-electron chi connectivity index (χ2n) is 5.52. The molecule has 4 heteroatoms. The average Bonchev–Trinajstić information content (AvgIpc) is 2.85. The van der Waals surface area contributed by atoms with E-state index in [1.54, 1.807) is 0 Å². The zero-order chi connectivity index (χ0) is 13.0. The van der Waals surface area contributed by atoms with Crippen molar-refractivity contribution >= 4 is 0 Å². The van der Waals surface area contributed by atoms with Crippen molar-refractivity contribution in [2.75, 3.05) is 6.61 Å². The lowest BCUT2D eigenvalue weighted by Gasteiger charge is -2.27. The molecule has 1 aliphatic carbocycles. The van der Waals surface area contributed by atoms with Crippen LogP contribution in [0.5, 0.6) is 0 Å². The molecule has 2 rings (SSSR count). The van der Waals surface area contributed by atoms with Crippen molar-refractivity contribution in [1.29, 1.82) is 0 Å². The molecular formula is C14H24N2O2. The Morgan fingerprint density at radius 2 is 2.11 bits per heavy atom. The van der Waals surface area contributed by atoms with Crippen LogP contribution >= 0.6 is 0 Å². The molecule has 0 amide bonds. The van der Waals surface area contributed by atoms with E-state index in [-0.39, 0.29) is 0 Å². The van der Waals surface area contributed by atoms with Gasteiger partial charge in [-0.15, -0.1) is 0 Å². The first-order chi connectivity index (χ1) is 8.70. The largest absolute Gasteiger partial charge is 0.396 e. The van der Waals surface area contributed by atoms with Gasteiger partial charge in [-0.25, -0.2) is 4.98 Å². The highest BCUT2D eigenvalue weighted by molar-refractivity contribution is 4.98. The van der Waals surface area contributed by atoms with E-state index < -0.39 is 0 Å². The molecule has 0 aromatic carbocycles. The third kappa shape index (κ3) is 3.33. The number of aromatic nitrogens is 2. The Hall–Kier alpha value is -0.870. The Morgan fingerprint density at radius 1 is 1.39 bits per heavy atom. The van der Waals surface area contributed by atoms with Crippen LogP contribution < -0.4 is 0 Å². The smallest absolute Gasteiger partial charge is 0.0951 e. The van der Waals surface area contributed by atoms with Gasteiger partial charge in [0, 0.05) is 12.6 Å². The van der Waals surface area contributed by atoms with Gasteiger partial charge in [0.15, 0.2) is 0 Å². The fourth-order valence-corrected chi connectivity index (χ4v) is 2.59. The predicted octanol–water partition coefficient (Wildman–Crippen LogP) is 2.53. The highest BCUT2D eigenvalue weighted by Gasteiger charge is 2.21. The topological polar surface area (TPSA) is 47.3 Å². The van der Waals surface area contributed by atoms with Gasteiger partial charge in [0.1, 0.15) is 0 Å². The molecule has 0 atom stereocenters. The molecule has 0 aliphatic heterocycles. The highest BCUT2D eigenvalue weighted by Crippen LogP contribution is 2.26. The zero-order valence-corrected chi connectivity index (χ0v) is 11.4. The van der Waals surface area contributed by atoms with Gasteiger partial charge >= 0.3 is 0 Å². The summed E-state index contributed by atoms with van der Waals surface area (Å²) in [6.45, 7) is 5.27. The van der Waals surface area contributed by atoms with Crippen molar-refractivity contribution in [3.05, 3.63) is 18.2 Å². The predicted molar refractivity (Wildman–Crippen MR) is 70.2 cm³/mol. The minimum atomic E-state index is 0.326. The quantitative estimate of drug-likeness (QED) is 0.876. The van der Waals surface area contributed by atoms with Gasteiger partial charge in [0.25, 0.3) is 0 Å². The summed E-state index contributed by atoms with van der Waals surface area (Å²) in [6, 6.07) is 0.427. The summed E-state index contributed by atoms with van der Waals surface area (Å²) in [5.41, 5.74) is 1.15. The normalized spacial score (nSPS) is 24.7. The van der Waals surface area contributed by atoms with Crippen LogP contribution in [0.4, 0.5) is 0 Å². The number of nitrogens with zero attached hydrogens (tertiary/aromatic N) is 2. The second kappa shape index (κ2) is 6.34. The lowest BCUT2D eigenvalue weighted by atomic mass is 9.88. The number of hydrogen-bond donors (Lipinski definition) is 1. The fourth-order valence-electron chi connectivity index (χ4n) is 2.59. The molecule has 1 aliphatic rings. The number of rotatable bonds is 5. The van der Waals surface area contributed by atoms with Gasteiger partial charge in [0.05, 0.1) is 30.9 Å². The van der Waals surface area contributed by atoms with Crippen molar-refractivity contribution in [2.45, 2.75) is 58.3 Å². The van der Waals surface area contributed by atoms with Crippen molar-refractivity contribution in [3.8, 4) is 0 Å². The van der Waals surface area contributed by atoms with E-state index in [1.165, 1.54) is 0 Å². The number of aliphatic hydroxyl groups excluding tert-OH is 1. The molecule has 1 heterocycles. The summed E-state index contributed by atoms with van der Waals surface area (Å²) in [6.07, 6.45) is 8.42. The molecule has 1 aromatic heterocycles. The fraction of sp³-hybridized carbons (Fsp3) is 0.786. The van der Waals surface area contributed by atoms with E-state index in [9.17, 15) is 0 Å². The van der Waals surface area contributed by atoms with Crippen LogP contribution in [-0.2, 0) is 11.3 Å². The van der Waals surface area contributed by atoms with Crippen LogP contribution in [0, 0.1) is 5.92 Å². The van der Waals surface area contributed by atoms with Crippen molar-refractivity contribution in [3.63, 3.8) is 0 Å². The molecule has 1 N–H and O–H groups in total. The Balaban J connectivity index is 1.80. The Morgan fingerprint density at radius 3 is 2.72 bits per heavy atom. The molecule has 0 spiro atoms. The van der Waals surface area contributed by atoms with Crippen molar-refractivity contribution in [2.24, 2.45) is 5.92 Å². The van der Waals surface area contributed by atoms with E-state index in [2.05, 4.69) is 23.4 Å². The number of ether oxygens (including phenoxy) is 1. The molecule has 0 unspecified atom stereocenters. The van der Waals surface area contributed by atoms with E-state index in [0.717, 1.165) is 31.4 Å². The highest BCUT2D eigenvalue weighted by atomic mass is 16.5. The average molecular weight is 252 g/mol. The maximum atomic E-state index is 9.10. The van der Waals surface area contributed by atoms with Crippen LogP contribution in [0.3, 0.4) is 0 Å². The first kappa shape index (κ1) is 13.6. The molecule has 102 valence electrons. The maximum absolute atomic E-state index is 9.10. The van der Waals surface area contributed by atoms with Gasteiger partial charge in [0.2, 0.25) is 0 Å². The molecule has 0 radical (unpaired) electrons. The summed E-state index contributed by atoms with van der Waals surface area (Å²) in [5, 5.41) is 9.10. The molecule has 1 fully saturated rings. The summed E-state index contributed by atoms with van der Waals surface area (Å²) in [4.78, 5) is 4.18. The summed E-state index contributed by atoms with van der Waals surface area (Å²) in [7, 11) is 0. The first-order valence-corrected chi connectivity index (χ1v) is 6.94. The second-order valence-corrected chi connectivity index (χ2v) is 5.52. The van der Waals surface area contributed by atoms with Crippen LogP contribution in [0.15, 0.2) is 12.5 Å². The van der Waals surface area contributed by atoms with Gasteiger partial charge in [-0.05, 0) is 45.4 Å². The zero-order valence-electron chi connectivity index (χ0n) is 11.4. The van der Waals surface area contributed by atoms with Gasteiger partial charge in [-0.1, -0.05) is 0 Å². The molecule has 18 heavy (non-hydrogen) atoms. The van der Waals surface area contributed by atoms with E-state index in [0.29, 0.717) is 31.3 Å². The van der Waals surface area contributed by atoms with Crippen LogP contribution in [0.2, 0.25) is 0 Å². The van der Waals surface area contributed by atoms with Crippen LogP contribution in [0.1, 0.15) is 51.3 Å². The maximum Gasteiger partial charge on any atom is 0.0951 e. The lowest BCUT2D eigenvalue weighted by molar-refractivity contribution is -0.00151.